The van der Waals surface area contributed by atoms with E-state index in [1.54, 1.807) is 6.08 Å². The van der Waals surface area contributed by atoms with Crippen molar-refractivity contribution in [1.82, 2.24) is 5.32 Å². The number of hydrogen-bond acceptors (Lipinski definition) is 10. The van der Waals surface area contributed by atoms with Gasteiger partial charge in [0, 0.05) is 12.8 Å². The fourth-order valence-electron chi connectivity index (χ4n) is 13.5. The summed E-state index contributed by atoms with van der Waals surface area (Å²) in [5.74, 6) is -0.178. The van der Waals surface area contributed by atoms with Crippen LogP contribution in [-0.2, 0) is 23.8 Å². The normalized spacial score (nSPS) is 17.4. The number of carbonyl (C=O) groups is 2. The van der Waals surface area contributed by atoms with Crippen LogP contribution in [-0.4, -0.2) is 100 Å². The molecule has 7 unspecified atom stereocenters. The van der Waals surface area contributed by atoms with E-state index in [9.17, 15) is 35.1 Å². The molecule has 1 rings (SSSR count). The second-order valence-corrected chi connectivity index (χ2v) is 29.9. The number of unbranched alkanes of at least 4 members (excludes halogenated alkanes) is 53. The van der Waals surface area contributed by atoms with Crippen LogP contribution in [0.1, 0.15) is 418 Å². The van der Waals surface area contributed by atoms with Gasteiger partial charge in [-0.25, -0.2) is 0 Å². The summed E-state index contributed by atoms with van der Waals surface area (Å²) in [5.41, 5.74) is 0. The first-order valence-corrected chi connectivity index (χ1v) is 43.2. The predicted octanol–water partition coefficient (Wildman–Crippen LogP) is 24.1. The van der Waals surface area contributed by atoms with Gasteiger partial charge in [0.15, 0.2) is 6.29 Å². The van der Waals surface area contributed by atoms with E-state index in [0.717, 1.165) is 77.0 Å². The van der Waals surface area contributed by atoms with Crippen LogP contribution in [0.25, 0.3) is 0 Å². The summed E-state index contributed by atoms with van der Waals surface area (Å²) in [6, 6.07) is -0.834. The van der Waals surface area contributed by atoms with Gasteiger partial charge in [-0.1, -0.05) is 363 Å². The van der Waals surface area contributed by atoms with E-state index < -0.39 is 49.5 Å². The highest BCUT2D eigenvalue weighted by molar-refractivity contribution is 5.76. The van der Waals surface area contributed by atoms with Crippen LogP contribution in [0, 0.1) is 0 Å². The number of esters is 1. The molecule has 0 saturated carbocycles. The average Bonchev–Trinajstić information content (AvgIpc) is 0.822. The number of rotatable bonds is 77. The summed E-state index contributed by atoms with van der Waals surface area (Å²) in [6.45, 7) is 4.35. The topological polar surface area (TPSA) is 175 Å². The molecule has 0 spiro atoms. The Balaban J connectivity index is 1.89. The Morgan fingerprint density at radius 3 is 1.06 bits per heavy atom. The van der Waals surface area contributed by atoms with Crippen molar-refractivity contribution in [3.8, 4) is 0 Å². The highest BCUT2D eigenvalue weighted by Crippen LogP contribution is 2.24. The molecule has 1 heterocycles. The van der Waals surface area contributed by atoms with Crippen LogP contribution in [0.5, 0.6) is 0 Å². The molecule has 1 aliphatic rings. The Hall–Kier alpha value is -2.90. The lowest BCUT2D eigenvalue weighted by Gasteiger charge is -2.40. The van der Waals surface area contributed by atoms with Crippen molar-refractivity contribution in [3.05, 3.63) is 72.9 Å². The molecule has 11 heteroatoms. The van der Waals surface area contributed by atoms with Crippen LogP contribution in [0.3, 0.4) is 0 Å². The number of allylic oxidation sites excluding steroid dienone is 11. The highest BCUT2D eigenvalue weighted by atomic mass is 16.7. The third-order valence-corrected chi connectivity index (χ3v) is 20.2. The van der Waals surface area contributed by atoms with Crippen LogP contribution in [0.15, 0.2) is 72.9 Å². The summed E-state index contributed by atoms with van der Waals surface area (Å²) in [7, 11) is 0. The molecular formula is C89H163NO10. The molecule has 100 heavy (non-hydrogen) atoms. The fourth-order valence-corrected chi connectivity index (χ4v) is 13.5. The zero-order valence-electron chi connectivity index (χ0n) is 65.4. The van der Waals surface area contributed by atoms with Crippen LogP contribution in [0.4, 0.5) is 0 Å². The molecule has 1 fully saturated rings. The lowest BCUT2D eigenvalue weighted by atomic mass is 9.99. The lowest BCUT2D eigenvalue weighted by Crippen LogP contribution is -2.60. The number of amides is 1. The monoisotopic (exact) mass is 1410 g/mol. The van der Waals surface area contributed by atoms with Crippen molar-refractivity contribution < 1.29 is 49.3 Å². The first kappa shape index (κ1) is 95.1. The highest BCUT2D eigenvalue weighted by Gasteiger charge is 2.44. The number of hydrogen-bond donors (Lipinski definition) is 6. The Kier molecular flexibility index (Phi) is 73.4. The Bertz CT molecular complexity index is 1900. The van der Waals surface area contributed by atoms with Gasteiger partial charge in [0.05, 0.1) is 32.0 Å². The molecule has 1 aliphatic heterocycles. The summed E-state index contributed by atoms with van der Waals surface area (Å²) < 4.78 is 16.8. The SMILES string of the molecule is CCCCCC/C=C/CC/C=C/CC/C=C/C(O)C(COC1OC(CO)C(O)C(O)C1O)NC(=O)CCCCCCCCCCCCCCCCCCC/C=C\C/C=C\CCCCCCCCCCCCCCCCCOC(=O)CCCCCCCCCCC/C=C\CCCCCCCC. The van der Waals surface area contributed by atoms with E-state index in [-0.39, 0.29) is 18.5 Å². The van der Waals surface area contributed by atoms with E-state index in [1.165, 1.54) is 315 Å². The van der Waals surface area contributed by atoms with Crippen molar-refractivity contribution in [2.45, 2.75) is 461 Å². The second-order valence-electron chi connectivity index (χ2n) is 29.9. The largest absolute Gasteiger partial charge is 0.466 e. The minimum Gasteiger partial charge on any atom is -0.466 e. The first-order valence-electron chi connectivity index (χ1n) is 43.2. The molecule has 6 N–H and O–H groups in total. The summed E-state index contributed by atoms with van der Waals surface area (Å²) in [5, 5.41) is 54.6. The smallest absolute Gasteiger partial charge is 0.305 e. The van der Waals surface area contributed by atoms with Gasteiger partial charge in [0.25, 0.3) is 0 Å². The molecular weight excluding hydrogens is 1240 g/mol. The number of nitrogens with one attached hydrogen (secondary N) is 1. The van der Waals surface area contributed by atoms with E-state index in [2.05, 4.69) is 79.9 Å². The maximum atomic E-state index is 13.1. The molecule has 0 bridgehead atoms. The number of aliphatic hydroxyl groups excluding tert-OH is 5. The maximum Gasteiger partial charge on any atom is 0.305 e. The third-order valence-electron chi connectivity index (χ3n) is 20.2. The zero-order valence-corrected chi connectivity index (χ0v) is 65.4. The standard InChI is InChI=1S/C89H163NO10/c1-3-5-7-9-11-13-15-17-19-20-42-46-49-53-57-61-65-69-73-77-85(94)98-78-74-70-66-62-58-54-50-47-44-41-39-37-35-33-31-29-27-25-23-21-22-24-26-28-30-32-34-36-38-40-43-45-48-52-56-60-64-68-72-76-84(93)90-81(80-99-89-88(97)87(96)86(95)83(79-91)100-89)82(92)75-71-67-63-59-55-51-18-16-14-12-10-8-6-4-2/h14,16-17,19,21-22,25,27,55,59,71,75,81-83,86-89,91-92,95-97H,3-13,15,18,20,23-24,26,28-54,56-58,60-70,72-74,76-80H2,1-2H3,(H,90,93)/b16-14+,19-17-,22-21-,27-25-,59-55+,75-71+. The van der Waals surface area contributed by atoms with Crippen LogP contribution < -0.4 is 5.32 Å². The Labute approximate surface area is 617 Å². The van der Waals surface area contributed by atoms with Crippen molar-refractivity contribution in [2.24, 2.45) is 0 Å². The molecule has 1 saturated heterocycles. The number of aliphatic hydroxyl groups is 5. The van der Waals surface area contributed by atoms with Crippen LogP contribution >= 0.6 is 0 Å². The van der Waals surface area contributed by atoms with Gasteiger partial charge in [-0.15, -0.1) is 0 Å². The van der Waals surface area contributed by atoms with Crippen molar-refractivity contribution in [3.63, 3.8) is 0 Å². The number of ether oxygens (including phenoxy) is 3. The minimum atomic E-state index is -1.58. The zero-order chi connectivity index (χ0) is 72.2. The summed E-state index contributed by atoms with van der Waals surface area (Å²) in [4.78, 5) is 25.2. The third kappa shape index (κ3) is 64.7. The van der Waals surface area contributed by atoms with E-state index in [0.29, 0.717) is 19.4 Å². The van der Waals surface area contributed by atoms with Crippen molar-refractivity contribution in [2.75, 3.05) is 19.8 Å². The molecule has 0 aromatic carbocycles. The summed E-state index contributed by atoms with van der Waals surface area (Å²) >= 11 is 0. The molecule has 0 aliphatic carbocycles. The lowest BCUT2D eigenvalue weighted by molar-refractivity contribution is -0.302. The molecule has 11 nitrogen and oxygen atoms in total. The van der Waals surface area contributed by atoms with E-state index in [1.807, 2.05) is 6.08 Å². The number of carbonyl (C=O) groups excluding carboxylic acids is 2. The van der Waals surface area contributed by atoms with Gasteiger partial charge in [0.2, 0.25) is 5.91 Å². The van der Waals surface area contributed by atoms with Crippen molar-refractivity contribution >= 4 is 11.9 Å². The fraction of sp³-hybridized carbons (Fsp3) is 0.843. The van der Waals surface area contributed by atoms with E-state index >= 15 is 0 Å². The maximum absolute atomic E-state index is 13.1. The molecule has 0 aromatic heterocycles. The quantitative estimate of drug-likeness (QED) is 0.0195. The van der Waals surface area contributed by atoms with Gasteiger partial charge in [-0.3, -0.25) is 9.59 Å². The molecule has 0 radical (unpaired) electrons. The molecule has 7 atom stereocenters. The second kappa shape index (κ2) is 77.2. The average molecular weight is 1410 g/mol. The first-order chi connectivity index (χ1) is 49.2. The molecule has 584 valence electrons. The van der Waals surface area contributed by atoms with Crippen LogP contribution in [0.2, 0.25) is 0 Å². The molecule has 0 aromatic rings. The predicted molar refractivity (Wildman–Crippen MR) is 426 cm³/mol. The molecule has 1 amide bonds. The van der Waals surface area contributed by atoms with Gasteiger partial charge < -0.3 is 45.1 Å². The van der Waals surface area contributed by atoms with Crippen molar-refractivity contribution in [1.29, 1.82) is 0 Å². The van der Waals surface area contributed by atoms with Gasteiger partial charge in [0.1, 0.15) is 24.4 Å². The Morgan fingerprint density at radius 1 is 0.370 bits per heavy atom. The Morgan fingerprint density at radius 2 is 0.680 bits per heavy atom. The van der Waals surface area contributed by atoms with Gasteiger partial charge in [-0.05, 0) is 116 Å². The minimum absolute atomic E-state index is 0.0143. The summed E-state index contributed by atoms with van der Waals surface area (Å²) in [6.07, 6.45) is 96.7. The van der Waals surface area contributed by atoms with Gasteiger partial charge in [-0.2, -0.15) is 0 Å². The van der Waals surface area contributed by atoms with E-state index in [4.69, 9.17) is 14.2 Å². The van der Waals surface area contributed by atoms with Gasteiger partial charge >= 0.3 is 5.97 Å².